The average molecular weight is 334 g/mol. The number of hydrogen-bond acceptors (Lipinski definition) is 4. The minimum atomic E-state index is -0.504. The fraction of sp³-hybridized carbons (Fsp3) is 0.632. The summed E-state index contributed by atoms with van der Waals surface area (Å²) in [5.41, 5.74) is 1.36. The minimum absolute atomic E-state index is 0.0804. The molecule has 0 saturated carbocycles. The summed E-state index contributed by atoms with van der Waals surface area (Å²) < 4.78 is 11.1. The van der Waals surface area contributed by atoms with Gasteiger partial charge in [0.1, 0.15) is 5.75 Å². The molecular formula is C19H30N2O3. The lowest BCUT2D eigenvalue weighted by Crippen LogP contribution is -2.43. The molecule has 1 heterocycles. The summed E-state index contributed by atoms with van der Waals surface area (Å²) in [5, 5.41) is 2.94. The standard InChI is InChI=1S/C19H30N2O3/c1-15(18(22)20-9-10-21-11-13-23-14-12-21)24-17-7-5-16(6-8-17)19(2,3)4/h5-8,15H,9-14H2,1-4H3,(H,20,22). The van der Waals surface area contributed by atoms with E-state index in [-0.39, 0.29) is 11.3 Å². The van der Waals surface area contributed by atoms with Crippen LogP contribution in [0.15, 0.2) is 24.3 Å². The number of carbonyl (C=O) groups excluding carboxylic acids is 1. The molecule has 134 valence electrons. The molecule has 0 bridgehead atoms. The second-order valence-corrected chi connectivity index (χ2v) is 7.28. The van der Waals surface area contributed by atoms with Gasteiger partial charge in [0.05, 0.1) is 13.2 Å². The first-order valence-electron chi connectivity index (χ1n) is 8.71. The van der Waals surface area contributed by atoms with Crippen LogP contribution >= 0.6 is 0 Å². The first-order valence-corrected chi connectivity index (χ1v) is 8.71. The van der Waals surface area contributed by atoms with Gasteiger partial charge >= 0.3 is 0 Å². The first-order chi connectivity index (χ1) is 11.4. The molecule has 24 heavy (non-hydrogen) atoms. The van der Waals surface area contributed by atoms with Gasteiger partial charge in [-0.15, -0.1) is 0 Å². The predicted molar refractivity (Wildman–Crippen MR) is 95.5 cm³/mol. The minimum Gasteiger partial charge on any atom is -0.481 e. The average Bonchev–Trinajstić information content (AvgIpc) is 2.55. The number of hydrogen-bond donors (Lipinski definition) is 1. The predicted octanol–water partition coefficient (Wildman–Crippen LogP) is 2.20. The summed E-state index contributed by atoms with van der Waals surface area (Å²) in [6, 6.07) is 7.97. The molecule has 1 aromatic rings. The molecule has 1 unspecified atom stereocenters. The second-order valence-electron chi connectivity index (χ2n) is 7.28. The molecule has 1 atom stereocenters. The van der Waals surface area contributed by atoms with Gasteiger partial charge in [0.15, 0.2) is 6.10 Å². The summed E-state index contributed by atoms with van der Waals surface area (Å²) in [6.45, 7) is 13.2. The molecule has 0 aromatic heterocycles. The second kappa shape index (κ2) is 8.49. The lowest BCUT2D eigenvalue weighted by Gasteiger charge is -2.26. The fourth-order valence-electron chi connectivity index (χ4n) is 2.60. The SMILES string of the molecule is CC(Oc1ccc(C(C)(C)C)cc1)C(=O)NCCN1CCOCC1. The number of ether oxygens (including phenoxy) is 2. The summed E-state index contributed by atoms with van der Waals surface area (Å²) in [6.07, 6.45) is -0.504. The Labute approximate surface area is 145 Å². The van der Waals surface area contributed by atoms with Crippen molar-refractivity contribution in [1.29, 1.82) is 0 Å². The Morgan fingerprint density at radius 1 is 1.25 bits per heavy atom. The Balaban J connectivity index is 1.74. The van der Waals surface area contributed by atoms with Crippen LogP contribution in [0, 0.1) is 0 Å². The highest BCUT2D eigenvalue weighted by Crippen LogP contribution is 2.24. The van der Waals surface area contributed by atoms with E-state index in [1.165, 1.54) is 5.56 Å². The van der Waals surface area contributed by atoms with Crippen molar-refractivity contribution in [3.05, 3.63) is 29.8 Å². The Hall–Kier alpha value is -1.59. The first kappa shape index (κ1) is 18.7. The van der Waals surface area contributed by atoms with Crippen molar-refractivity contribution in [1.82, 2.24) is 10.2 Å². The smallest absolute Gasteiger partial charge is 0.260 e. The zero-order valence-corrected chi connectivity index (χ0v) is 15.3. The van der Waals surface area contributed by atoms with Crippen LogP contribution in [0.25, 0.3) is 0 Å². The number of nitrogens with one attached hydrogen (secondary N) is 1. The van der Waals surface area contributed by atoms with E-state index in [0.717, 1.165) is 38.6 Å². The van der Waals surface area contributed by atoms with Crippen LogP contribution in [0.2, 0.25) is 0 Å². The quantitative estimate of drug-likeness (QED) is 0.866. The van der Waals surface area contributed by atoms with Crippen molar-refractivity contribution in [2.75, 3.05) is 39.4 Å². The van der Waals surface area contributed by atoms with Gasteiger partial charge in [0, 0.05) is 26.2 Å². The zero-order chi connectivity index (χ0) is 17.6. The molecule has 0 radical (unpaired) electrons. The van der Waals surface area contributed by atoms with Crippen molar-refractivity contribution < 1.29 is 14.3 Å². The fourth-order valence-corrected chi connectivity index (χ4v) is 2.60. The molecule has 1 N–H and O–H groups in total. The lowest BCUT2D eigenvalue weighted by molar-refractivity contribution is -0.127. The van der Waals surface area contributed by atoms with E-state index in [1.807, 2.05) is 12.1 Å². The number of rotatable bonds is 6. The van der Waals surface area contributed by atoms with Crippen LogP contribution in [0.5, 0.6) is 5.75 Å². The maximum absolute atomic E-state index is 12.1. The van der Waals surface area contributed by atoms with Gasteiger partial charge < -0.3 is 14.8 Å². The maximum atomic E-state index is 12.1. The van der Waals surface area contributed by atoms with Crippen LogP contribution in [-0.4, -0.2) is 56.3 Å². The molecule has 1 fully saturated rings. The summed E-state index contributed by atoms with van der Waals surface area (Å²) in [7, 11) is 0. The summed E-state index contributed by atoms with van der Waals surface area (Å²) in [5.74, 6) is 0.641. The Morgan fingerprint density at radius 2 is 1.88 bits per heavy atom. The highest BCUT2D eigenvalue weighted by molar-refractivity contribution is 5.80. The van der Waals surface area contributed by atoms with Gasteiger partial charge in [-0.1, -0.05) is 32.9 Å². The van der Waals surface area contributed by atoms with E-state index >= 15 is 0 Å². The Morgan fingerprint density at radius 3 is 2.46 bits per heavy atom. The topological polar surface area (TPSA) is 50.8 Å². The number of carbonyl (C=O) groups is 1. The largest absolute Gasteiger partial charge is 0.481 e. The zero-order valence-electron chi connectivity index (χ0n) is 15.3. The molecule has 1 aromatic carbocycles. The van der Waals surface area contributed by atoms with E-state index in [2.05, 4.69) is 43.1 Å². The van der Waals surface area contributed by atoms with Crippen molar-refractivity contribution in [3.63, 3.8) is 0 Å². The van der Waals surface area contributed by atoms with Crippen LogP contribution in [0.4, 0.5) is 0 Å². The monoisotopic (exact) mass is 334 g/mol. The van der Waals surface area contributed by atoms with Gasteiger partial charge in [-0.25, -0.2) is 0 Å². The van der Waals surface area contributed by atoms with Crippen molar-refractivity contribution in [2.45, 2.75) is 39.2 Å². The number of nitrogens with zero attached hydrogens (tertiary/aromatic N) is 1. The third-order valence-electron chi connectivity index (χ3n) is 4.23. The molecule has 0 aliphatic carbocycles. The van der Waals surface area contributed by atoms with Crippen molar-refractivity contribution >= 4 is 5.91 Å². The van der Waals surface area contributed by atoms with Crippen molar-refractivity contribution in [3.8, 4) is 5.75 Å². The molecule has 5 heteroatoms. The van der Waals surface area contributed by atoms with E-state index in [4.69, 9.17) is 9.47 Å². The lowest BCUT2D eigenvalue weighted by atomic mass is 9.87. The van der Waals surface area contributed by atoms with Gasteiger partial charge in [-0.05, 0) is 30.0 Å². The molecular weight excluding hydrogens is 304 g/mol. The Kier molecular flexibility index (Phi) is 6.63. The molecule has 0 spiro atoms. The normalized spacial score (nSPS) is 17.3. The van der Waals surface area contributed by atoms with Crippen LogP contribution in [0.3, 0.4) is 0 Å². The van der Waals surface area contributed by atoms with Crippen molar-refractivity contribution in [2.24, 2.45) is 0 Å². The molecule has 2 rings (SSSR count). The van der Waals surface area contributed by atoms with Gasteiger partial charge in [0.2, 0.25) is 0 Å². The summed E-state index contributed by atoms with van der Waals surface area (Å²) >= 11 is 0. The van der Waals surface area contributed by atoms with Gasteiger partial charge in [-0.2, -0.15) is 0 Å². The molecule has 1 aliphatic heterocycles. The van der Waals surface area contributed by atoms with Gasteiger partial charge in [0.25, 0.3) is 5.91 Å². The molecule has 1 saturated heterocycles. The number of morpholine rings is 1. The van der Waals surface area contributed by atoms with E-state index in [1.54, 1.807) is 6.92 Å². The summed E-state index contributed by atoms with van der Waals surface area (Å²) in [4.78, 5) is 14.4. The van der Waals surface area contributed by atoms with Crippen LogP contribution in [-0.2, 0) is 14.9 Å². The third kappa shape index (κ3) is 5.80. The van der Waals surface area contributed by atoms with E-state index in [9.17, 15) is 4.79 Å². The Bertz CT molecular complexity index is 516. The highest BCUT2D eigenvalue weighted by atomic mass is 16.5. The van der Waals surface area contributed by atoms with Crippen LogP contribution in [0.1, 0.15) is 33.3 Å². The highest BCUT2D eigenvalue weighted by Gasteiger charge is 2.17. The molecule has 1 aliphatic rings. The number of amides is 1. The maximum Gasteiger partial charge on any atom is 0.260 e. The van der Waals surface area contributed by atoms with Crippen LogP contribution < -0.4 is 10.1 Å². The van der Waals surface area contributed by atoms with Gasteiger partial charge in [-0.3, -0.25) is 9.69 Å². The third-order valence-corrected chi connectivity index (χ3v) is 4.23. The van der Waals surface area contributed by atoms with E-state index in [0.29, 0.717) is 6.54 Å². The number of benzene rings is 1. The molecule has 5 nitrogen and oxygen atoms in total. The molecule has 1 amide bonds. The van der Waals surface area contributed by atoms with E-state index < -0.39 is 6.10 Å².